The van der Waals surface area contributed by atoms with Gasteiger partial charge in [0, 0.05) is 64.7 Å². The Kier molecular flexibility index (Phi) is 7.82. The van der Waals surface area contributed by atoms with Crippen LogP contribution in [0, 0.1) is 0 Å². The maximum absolute atomic E-state index is 13.4. The lowest BCUT2D eigenvalue weighted by Crippen LogP contribution is -2.53. The van der Waals surface area contributed by atoms with E-state index in [1.54, 1.807) is 0 Å². The van der Waals surface area contributed by atoms with E-state index < -0.39 is 0 Å². The number of hydrogen-bond acceptors (Lipinski definition) is 6. The number of methoxy groups -OCH3 is 1. The summed E-state index contributed by atoms with van der Waals surface area (Å²) in [6.45, 7) is 4.40. The van der Waals surface area contributed by atoms with Crippen molar-refractivity contribution in [3.8, 4) is 0 Å². The van der Waals surface area contributed by atoms with Crippen LogP contribution in [-0.2, 0) is 19.1 Å². The minimum Gasteiger partial charge on any atom is -0.375 e. The van der Waals surface area contributed by atoms with Gasteiger partial charge in [0.25, 0.3) is 11.8 Å². The second-order valence-corrected chi connectivity index (χ2v) is 8.90. The van der Waals surface area contributed by atoms with Crippen molar-refractivity contribution in [3.63, 3.8) is 0 Å². The van der Waals surface area contributed by atoms with E-state index in [4.69, 9.17) is 9.47 Å². The molecule has 1 N–H and O–H groups in total. The zero-order valence-corrected chi connectivity index (χ0v) is 19.3. The fraction of sp³-hybridized carbons (Fsp3) is 0.625. The van der Waals surface area contributed by atoms with Gasteiger partial charge in [-0.25, -0.2) is 0 Å². The van der Waals surface area contributed by atoms with Crippen molar-refractivity contribution in [2.75, 3.05) is 64.5 Å². The van der Waals surface area contributed by atoms with Crippen molar-refractivity contribution < 1.29 is 23.9 Å². The topological polar surface area (TPSA) is 91.4 Å². The van der Waals surface area contributed by atoms with Crippen molar-refractivity contribution in [3.05, 3.63) is 29.8 Å². The van der Waals surface area contributed by atoms with E-state index in [0.29, 0.717) is 38.3 Å². The van der Waals surface area contributed by atoms with Gasteiger partial charge in [0.15, 0.2) is 0 Å². The van der Waals surface area contributed by atoms with E-state index >= 15 is 0 Å². The molecule has 3 saturated heterocycles. The van der Waals surface area contributed by atoms with Gasteiger partial charge in [0.05, 0.1) is 5.56 Å². The minimum absolute atomic E-state index is 0.00494. The van der Waals surface area contributed by atoms with Gasteiger partial charge < -0.3 is 29.5 Å². The van der Waals surface area contributed by atoms with Crippen LogP contribution in [0.15, 0.2) is 24.3 Å². The molecule has 3 fully saturated rings. The van der Waals surface area contributed by atoms with Crippen molar-refractivity contribution >= 4 is 23.4 Å². The fourth-order valence-corrected chi connectivity index (χ4v) is 4.87. The van der Waals surface area contributed by atoms with Gasteiger partial charge in [-0.2, -0.15) is 0 Å². The summed E-state index contributed by atoms with van der Waals surface area (Å²) in [5.74, 6) is -0.0329. The zero-order chi connectivity index (χ0) is 23.2. The van der Waals surface area contributed by atoms with Crippen molar-refractivity contribution in [2.24, 2.45) is 0 Å². The Hall–Kier alpha value is -2.65. The average molecular weight is 459 g/mol. The van der Waals surface area contributed by atoms with Crippen molar-refractivity contribution in [2.45, 2.75) is 37.8 Å². The molecule has 1 aromatic carbocycles. The molecule has 9 heteroatoms. The number of nitrogens with zero attached hydrogens (tertiary/aromatic N) is 3. The standard InChI is InChI=1S/C24H34N4O5/c1-32-17-22(29)25-18-8-10-26(11-9-18)20-6-3-2-5-19(20)23(30)27-12-14-28(15-13-27)24(31)21-7-4-16-33-21/h2-3,5-6,18,21H,4,7-17H2,1H3,(H,25,29)/t21-/m1/s1. The molecule has 0 spiro atoms. The molecule has 0 saturated carbocycles. The molecule has 33 heavy (non-hydrogen) atoms. The number of hydrogen-bond donors (Lipinski definition) is 1. The predicted molar refractivity (Wildman–Crippen MR) is 123 cm³/mol. The molecule has 0 aliphatic carbocycles. The summed E-state index contributed by atoms with van der Waals surface area (Å²) in [6, 6.07) is 7.85. The second-order valence-electron chi connectivity index (χ2n) is 8.90. The third kappa shape index (κ3) is 5.65. The quantitative estimate of drug-likeness (QED) is 0.681. The summed E-state index contributed by atoms with van der Waals surface area (Å²) >= 11 is 0. The SMILES string of the molecule is COCC(=O)NC1CCN(c2ccccc2C(=O)N2CCN(C(=O)[C@H]3CCCO3)CC2)CC1. The number of piperazine rings is 1. The first-order valence-electron chi connectivity index (χ1n) is 11.9. The Morgan fingerprint density at radius 3 is 2.36 bits per heavy atom. The zero-order valence-electron chi connectivity index (χ0n) is 19.3. The first-order valence-corrected chi connectivity index (χ1v) is 11.9. The predicted octanol–water partition coefficient (Wildman–Crippen LogP) is 0.881. The van der Waals surface area contributed by atoms with Gasteiger partial charge in [-0.3, -0.25) is 14.4 Å². The molecule has 0 bridgehead atoms. The Labute approximate surface area is 195 Å². The molecule has 3 aliphatic rings. The highest BCUT2D eigenvalue weighted by molar-refractivity contribution is 6.00. The normalized spacial score (nSPS) is 21.8. The summed E-state index contributed by atoms with van der Waals surface area (Å²) in [4.78, 5) is 43.7. The molecule has 3 amide bonds. The highest BCUT2D eigenvalue weighted by Gasteiger charge is 2.32. The molecule has 3 aliphatic heterocycles. The van der Waals surface area contributed by atoms with Crippen LogP contribution in [0.2, 0.25) is 0 Å². The van der Waals surface area contributed by atoms with Gasteiger partial charge >= 0.3 is 0 Å². The van der Waals surface area contributed by atoms with Gasteiger partial charge in [0.1, 0.15) is 12.7 Å². The number of amides is 3. The van der Waals surface area contributed by atoms with Gasteiger partial charge in [-0.1, -0.05) is 12.1 Å². The summed E-state index contributed by atoms with van der Waals surface area (Å²) in [6.07, 6.45) is 3.06. The highest BCUT2D eigenvalue weighted by atomic mass is 16.5. The van der Waals surface area contributed by atoms with E-state index in [0.717, 1.165) is 44.5 Å². The number of benzene rings is 1. The molecule has 180 valence electrons. The molecule has 0 unspecified atom stereocenters. The van der Waals surface area contributed by atoms with Crippen LogP contribution in [-0.4, -0.2) is 99.3 Å². The summed E-state index contributed by atoms with van der Waals surface area (Å²) in [7, 11) is 1.51. The third-order valence-corrected chi connectivity index (χ3v) is 6.69. The fourth-order valence-electron chi connectivity index (χ4n) is 4.87. The maximum atomic E-state index is 13.4. The molecular formula is C24H34N4O5. The van der Waals surface area contributed by atoms with E-state index in [9.17, 15) is 14.4 Å². The number of piperidine rings is 1. The number of ether oxygens (including phenoxy) is 2. The van der Waals surface area contributed by atoms with Gasteiger partial charge in [-0.05, 0) is 37.8 Å². The summed E-state index contributed by atoms with van der Waals surface area (Å²) in [5, 5.41) is 3.01. The van der Waals surface area contributed by atoms with E-state index in [-0.39, 0.29) is 36.5 Å². The number of carbonyl (C=O) groups excluding carboxylic acids is 3. The second kappa shape index (κ2) is 11.0. The Morgan fingerprint density at radius 1 is 1.00 bits per heavy atom. The van der Waals surface area contributed by atoms with Crippen LogP contribution in [0.1, 0.15) is 36.0 Å². The van der Waals surface area contributed by atoms with Crippen molar-refractivity contribution in [1.82, 2.24) is 15.1 Å². The smallest absolute Gasteiger partial charge is 0.256 e. The third-order valence-electron chi connectivity index (χ3n) is 6.69. The van der Waals surface area contributed by atoms with Crippen LogP contribution in [0.3, 0.4) is 0 Å². The molecular weight excluding hydrogens is 424 g/mol. The van der Waals surface area contributed by atoms with Crippen LogP contribution >= 0.6 is 0 Å². The molecule has 4 rings (SSSR count). The van der Waals surface area contributed by atoms with Gasteiger partial charge in [0.2, 0.25) is 5.91 Å². The largest absolute Gasteiger partial charge is 0.375 e. The average Bonchev–Trinajstić information content (AvgIpc) is 3.39. The number of nitrogens with one attached hydrogen (secondary N) is 1. The minimum atomic E-state index is -0.310. The van der Waals surface area contributed by atoms with E-state index in [1.807, 2.05) is 34.1 Å². The molecule has 0 aromatic heterocycles. The molecule has 9 nitrogen and oxygen atoms in total. The lowest BCUT2D eigenvalue weighted by molar-refractivity contribution is -0.142. The number of rotatable bonds is 6. The summed E-state index contributed by atoms with van der Waals surface area (Å²) in [5.41, 5.74) is 1.63. The summed E-state index contributed by atoms with van der Waals surface area (Å²) < 4.78 is 10.4. The van der Waals surface area contributed by atoms with Crippen LogP contribution in [0.25, 0.3) is 0 Å². The lowest BCUT2D eigenvalue weighted by atomic mass is 10.0. The lowest BCUT2D eigenvalue weighted by Gasteiger charge is -2.37. The van der Waals surface area contributed by atoms with Gasteiger partial charge in [-0.15, -0.1) is 0 Å². The van der Waals surface area contributed by atoms with E-state index in [2.05, 4.69) is 10.2 Å². The first kappa shape index (κ1) is 23.5. The van der Waals surface area contributed by atoms with E-state index in [1.165, 1.54) is 7.11 Å². The molecule has 1 aromatic rings. The molecule has 1 atom stereocenters. The van der Waals surface area contributed by atoms with Crippen molar-refractivity contribution in [1.29, 1.82) is 0 Å². The molecule has 3 heterocycles. The van der Waals surface area contributed by atoms with Crippen LogP contribution in [0.5, 0.6) is 0 Å². The number of carbonyl (C=O) groups is 3. The van der Waals surface area contributed by atoms with Crippen LogP contribution in [0.4, 0.5) is 5.69 Å². The number of para-hydroxylation sites is 1. The Bertz CT molecular complexity index is 841. The van der Waals surface area contributed by atoms with Crippen LogP contribution < -0.4 is 10.2 Å². The Balaban J connectivity index is 1.33. The maximum Gasteiger partial charge on any atom is 0.256 e. The first-order chi connectivity index (χ1) is 16.1. The Morgan fingerprint density at radius 2 is 1.70 bits per heavy atom. The monoisotopic (exact) mass is 458 g/mol. The number of anilines is 1. The highest BCUT2D eigenvalue weighted by Crippen LogP contribution is 2.26. The molecule has 0 radical (unpaired) electrons.